The van der Waals surface area contributed by atoms with Crippen LogP contribution in [0.15, 0.2) is 146 Å². The monoisotopic (exact) mass is 350 g/mol. The Morgan fingerprint density at radius 2 is 1.00 bits per heavy atom. The molecule has 0 radical (unpaired) electrons. The predicted octanol–water partition coefficient (Wildman–Crippen LogP) is 5.89. The van der Waals surface area contributed by atoms with E-state index in [1.807, 2.05) is 13.8 Å². The van der Waals surface area contributed by atoms with Crippen molar-refractivity contribution in [2.45, 2.75) is 13.8 Å². The maximum absolute atomic E-state index is 3.38. The highest BCUT2D eigenvalue weighted by Gasteiger charge is 2.06. The molecule has 0 aliphatic rings. The third-order valence-electron chi connectivity index (χ3n) is 2.44. The standard InChI is InChI=1S/C28H14/c1-6-9-12-15-18-20-23-27(24-21-19-16-13-10-7-2)28(26(4)5)25-22-17-14-11-8-3/h23,26H,1-3H2,4-5H3. The lowest BCUT2D eigenvalue weighted by Crippen LogP contribution is -1.94. The van der Waals surface area contributed by atoms with Crippen LogP contribution in [0.5, 0.6) is 0 Å². The molecule has 0 aromatic rings. The van der Waals surface area contributed by atoms with Crippen molar-refractivity contribution >= 4 is 0 Å². The third-order valence-corrected chi connectivity index (χ3v) is 2.44. The molecule has 0 heteroatoms. The lowest BCUT2D eigenvalue weighted by molar-refractivity contribution is 0.785. The van der Waals surface area contributed by atoms with E-state index >= 15 is 0 Å². The molecule has 0 aromatic heterocycles. The van der Waals surface area contributed by atoms with Crippen LogP contribution in [-0.2, 0) is 0 Å². The van der Waals surface area contributed by atoms with E-state index in [9.17, 15) is 0 Å². The van der Waals surface area contributed by atoms with Crippen LogP contribution in [0.1, 0.15) is 13.8 Å². The summed E-state index contributed by atoms with van der Waals surface area (Å²) in [7, 11) is 0. The van der Waals surface area contributed by atoms with Gasteiger partial charge in [0.05, 0.1) is 0 Å². The highest BCUT2D eigenvalue weighted by Crippen LogP contribution is 2.17. The van der Waals surface area contributed by atoms with Crippen LogP contribution in [0.4, 0.5) is 0 Å². The summed E-state index contributed by atoms with van der Waals surface area (Å²) < 4.78 is 0. The summed E-state index contributed by atoms with van der Waals surface area (Å²) in [5.74, 6) is 0.0989. The van der Waals surface area contributed by atoms with Crippen LogP contribution in [-0.4, -0.2) is 0 Å². The molecule has 0 nitrogen and oxygen atoms in total. The van der Waals surface area contributed by atoms with Gasteiger partial charge < -0.3 is 0 Å². The van der Waals surface area contributed by atoms with Gasteiger partial charge in [0.1, 0.15) is 0 Å². The Kier molecular flexibility index (Phi) is 13.9. The van der Waals surface area contributed by atoms with Crippen molar-refractivity contribution in [2.75, 3.05) is 0 Å². The molecule has 0 saturated carbocycles. The van der Waals surface area contributed by atoms with Crippen LogP contribution < -0.4 is 0 Å². The molecule has 0 aromatic carbocycles. The van der Waals surface area contributed by atoms with Crippen LogP contribution >= 0.6 is 0 Å². The van der Waals surface area contributed by atoms with Crippen molar-refractivity contribution in [3.8, 4) is 0 Å². The van der Waals surface area contributed by atoms with Gasteiger partial charge in [0.2, 0.25) is 0 Å². The Bertz CT molecular complexity index is 1380. The predicted molar refractivity (Wildman–Crippen MR) is 110 cm³/mol. The Hall–Kier alpha value is -4.96. The average molecular weight is 350 g/mol. The molecule has 0 fully saturated rings. The molecule has 0 aliphatic heterocycles. The first kappa shape index (κ1) is 23.0. The molecule has 0 saturated heterocycles. The van der Waals surface area contributed by atoms with Gasteiger partial charge in [-0.05, 0) is 100 Å². The minimum Gasteiger partial charge on any atom is -0.0687 e. The fraction of sp³-hybridized carbons (Fsp3) is 0.107. The van der Waals surface area contributed by atoms with Crippen LogP contribution in [0.3, 0.4) is 0 Å². The van der Waals surface area contributed by atoms with Crippen molar-refractivity contribution in [1.29, 1.82) is 0 Å². The van der Waals surface area contributed by atoms with Gasteiger partial charge in [0.15, 0.2) is 0 Å². The molecule has 126 valence electrons. The zero-order valence-corrected chi connectivity index (χ0v) is 15.8. The topological polar surface area (TPSA) is 0 Å². The fourth-order valence-electron chi connectivity index (χ4n) is 1.40. The van der Waals surface area contributed by atoms with Gasteiger partial charge in [0, 0.05) is 17.2 Å². The first-order valence-electron chi connectivity index (χ1n) is 7.83. The Morgan fingerprint density at radius 3 is 1.50 bits per heavy atom. The first-order chi connectivity index (χ1) is 13.7. The molecule has 0 heterocycles. The summed E-state index contributed by atoms with van der Waals surface area (Å²) in [6, 6.07) is 0. The van der Waals surface area contributed by atoms with Crippen LogP contribution in [0.2, 0.25) is 0 Å². The maximum atomic E-state index is 3.38. The normalized spacial score (nSPS) is 5.68. The lowest BCUT2D eigenvalue weighted by Gasteiger charge is -2.05. The van der Waals surface area contributed by atoms with Crippen molar-refractivity contribution < 1.29 is 0 Å². The first-order valence-corrected chi connectivity index (χ1v) is 7.83. The molecule has 0 bridgehead atoms. The van der Waals surface area contributed by atoms with Gasteiger partial charge in [-0.15, -0.1) is 0 Å². The van der Waals surface area contributed by atoms with E-state index in [1.165, 1.54) is 0 Å². The molecule has 0 aliphatic carbocycles. The van der Waals surface area contributed by atoms with E-state index in [-0.39, 0.29) is 5.92 Å². The van der Waals surface area contributed by atoms with E-state index in [2.05, 4.69) is 129 Å². The van der Waals surface area contributed by atoms with E-state index in [0.717, 1.165) is 5.57 Å². The second kappa shape index (κ2) is 16.9. The fourth-order valence-corrected chi connectivity index (χ4v) is 1.40. The van der Waals surface area contributed by atoms with E-state index in [0.29, 0.717) is 5.57 Å². The molecule has 0 atom stereocenters. The summed E-state index contributed by atoms with van der Waals surface area (Å²) >= 11 is 0. The average Bonchev–Trinajstić information content (AvgIpc) is 2.68. The second-order valence-corrected chi connectivity index (χ2v) is 4.68. The zero-order chi connectivity index (χ0) is 20.9. The summed E-state index contributed by atoms with van der Waals surface area (Å²) in [4.78, 5) is 0. The molecule has 0 rings (SSSR count). The van der Waals surface area contributed by atoms with Crippen LogP contribution in [0, 0.1) is 5.92 Å². The molecular formula is C28H14. The van der Waals surface area contributed by atoms with Crippen molar-refractivity contribution in [2.24, 2.45) is 5.92 Å². The molecular weight excluding hydrogens is 336 g/mol. The van der Waals surface area contributed by atoms with Crippen LogP contribution in [0.25, 0.3) is 0 Å². The summed E-state index contributed by atoms with van der Waals surface area (Å²) in [5.41, 5.74) is 51.3. The third kappa shape index (κ3) is 12.5. The van der Waals surface area contributed by atoms with Gasteiger partial charge in [-0.1, -0.05) is 48.2 Å². The summed E-state index contributed by atoms with van der Waals surface area (Å²) in [5, 5.41) is 0. The molecule has 28 heavy (non-hydrogen) atoms. The maximum Gasteiger partial charge on any atom is 0.0457 e. The smallest absolute Gasteiger partial charge is 0.0457 e. The van der Waals surface area contributed by atoms with Gasteiger partial charge in [-0.25, -0.2) is 0 Å². The number of rotatable bonds is 3. The zero-order valence-electron chi connectivity index (χ0n) is 15.8. The van der Waals surface area contributed by atoms with E-state index < -0.39 is 0 Å². The van der Waals surface area contributed by atoms with Crippen molar-refractivity contribution in [3.63, 3.8) is 0 Å². The molecule has 0 unspecified atom stereocenters. The Labute approximate surface area is 165 Å². The molecule has 0 amide bonds. The van der Waals surface area contributed by atoms with Gasteiger partial charge in [-0.2, -0.15) is 0 Å². The Balaban J connectivity index is 7.29. The Morgan fingerprint density at radius 1 is 0.571 bits per heavy atom. The highest BCUT2D eigenvalue weighted by atomic mass is 14.1. The van der Waals surface area contributed by atoms with Crippen molar-refractivity contribution in [3.05, 3.63) is 146 Å². The SMILES string of the molecule is C=C=C=C=C=C=C=C=C(C=C=C=C=C=C=C=C)C(=C=C=C=C=C=C=C)C(C)C. The molecule has 0 N–H and O–H groups in total. The minimum absolute atomic E-state index is 0.0989. The minimum atomic E-state index is 0.0989. The highest BCUT2D eigenvalue weighted by molar-refractivity contribution is 5.39. The summed E-state index contributed by atoms with van der Waals surface area (Å²) in [6.07, 6.45) is 1.64. The van der Waals surface area contributed by atoms with Gasteiger partial charge >= 0.3 is 0 Å². The summed E-state index contributed by atoms with van der Waals surface area (Å²) in [6.45, 7) is 14.1. The van der Waals surface area contributed by atoms with Crippen molar-refractivity contribution in [1.82, 2.24) is 0 Å². The molecule has 0 spiro atoms. The lowest BCUT2D eigenvalue weighted by atomic mass is 9.96. The number of hydrogen-bond donors (Lipinski definition) is 0. The largest absolute Gasteiger partial charge is 0.0687 e. The van der Waals surface area contributed by atoms with E-state index in [4.69, 9.17) is 0 Å². The number of allylic oxidation sites excluding steroid dienone is 3. The number of hydrogen-bond acceptors (Lipinski definition) is 0. The van der Waals surface area contributed by atoms with Gasteiger partial charge in [0.25, 0.3) is 0 Å². The van der Waals surface area contributed by atoms with E-state index in [1.54, 1.807) is 6.08 Å². The second-order valence-electron chi connectivity index (χ2n) is 4.68. The quantitative estimate of drug-likeness (QED) is 0.440. The van der Waals surface area contributed by atoms with Gasteiger partial charge in [-0.3, -0.25) is 0 Å².